The van der Waals surface area contributed by atoms with Crippen LogP contribution < -0.4 is 15.0 Å². The minimum atomic E-state index is -0.291. The molecule has 1 saturated heterocycles. The summed E-state index contributed by atoms with van der Waals surface area (Å²) in [7, 11) is 1.60. The number of methoxy groups -OCH3 is 1. The van der Waals surface area contributed by atoms with E-state index in [1.54, 1.807) is 19.2 Å². The maximum Gasteiger partial charge on any atom is 0.267 e. The Morgan fingerprint density at radius 2 is 1.97 bits per heavy atom. The predicted octanol–water partition coefficient (Wildman–Crippen LogP) is 3.86. The molecule has 1 amide bonds. The molecule has 0 aliphatic carbocycles. The van der Waals surface area contributed by atoms with Gasteiger partial charge in [0.25, 0.3) is 5.91 Å². The van der Waals surface area contributed by atoms with Crippen LogP contribution in [0, 0.1) is 5.82 Å². The molecule has 6 nitrogen and oxygen atoms in total. The quantitative estimate of drug-likeness (QED) is 0.669. The number of morpholine rings is 1. The first kappa shape index (κ1) is 20.2. The maximum absolute atomic E-state index is 14.7. The molecule has 0 saturated carbocycles. The van der Waals surface area contributed by atoms with Crippen LogP contribution in [0.3, 0.4) is 0 Å². The molecule has 0 radical (unpaired) electrons. The van der Waals surface area contributed by atoms with Gasteiger partial charge in [0.1, 0.15) is 17.3 Å². The molecule has 3 aromatic rings. The number of benzene rings is 2. The Morgan fingerprint density at radius 3 is 2.67 bits per heavy atom. The van der Waals surface area contributed by atoms with Crippen LogP contribution in [0.25, 0.3) is 10.9 Å². The normalized spacial score (nSPS) is 19.1. The molecule has 4 rings (SSSR count). The van der Waals surface area contributed by atoms with Gasteiger partial charge < -0.3 is 24.7 Å². The monoisotopic (exact) mass is 411 g/mol. The molecular weight excluding hydrogens is 385 g/mol. The first-order chi connectivity index (χ1) is 14.4. The smallest absolute Gasteiger partial charge is 0.267 e. The summed E-state index contributed by atoms with van der Waals surface area (Å²) in [5, 5.41) is 3.77. The van der Waals surface area contributed by atoms with Gasteiger partial charge in [0.05, 0.1) is 25.0 Å². The summed E-state index contributed by atoms with van der Waals surface area (Å²) in [6, 6.07) is 12.5. The van der Waals surface area contributed by atoms with E-state index in [1.807, 2.05) is 43.0 Å². The van der Waals surface area contributed by atoms with Gasteiger partial charge in [0.15, 0.2) is 0 Å². The number of nitrogens with one attached hydrogen (secondary N) is 2. The number of aromatic amines is 1. The fourth-order valence-electron chi connectivity index (χ4n) is 3.92. The van der Waals surface area contributed by atoms with Crippen LogP contribution in [-0.2, 0) is 11.3 Å². The zero-order valence-electron chi connectivity index (χ0n) is 17.4. The van der Waals surface area contributed by atoms with Gasteiger partial charge in [-0.2, -0.15) is 0 Å². The van der Waals surface area contributed by atoms with Crippen LogP contribution in [-0.4, -0.2) is 43.3 Å². The number of nitrogens with zero attached hydrogens (tertiary/aromatic N) is 1. The summed E-state index contributed by atoms with van der Waals surface area (Å²) in [6.45, 7) is 5.53. The molecule has 2 N–H and O–H groups in total. The molecule has 1 aromatic heterocycles. The average molecular weight is 411 g/mol. The standard InChI is InChI=1S/C23H26FN3O3/c1-14-12-27(13-15(2)30-14)22-7-4-16(8-19(22)24)11-25-23(28)21-9-17-5-6-18(29-3)10-20(17)26-21/h4-10,14-15,26H,11-13H2,1-3H3,(H,25,28)/t14-,15-/m0/s1. The summed E-state index contributed by atoms with van der Waals surface area (Å²) in [4.78, 5) is 17.6. The summed E-state index contributed by atoms with van der Waals surface area (Å²) in [6.07, 6.45) is 0.117. The second-order valence-electron chi connectivity index (χ2n) is 7.77. The van der Waals surface area contributed by atoms with Gasteiger partial charge in [0, 0.05) is 36.6 Å². The number of amides is 1. The van der Waals surface area contributed by atoms with Crippen LogP contribution in [0.5, 0.6) is 5.75 Å². The Bertz CT molecular complexity index is 1060. The van der Waals surface area contributed by atoms with Crippen molar-refractivity contribution in [1.29, 1.82) is 0 Å². The number of carbonyl (C=O) groups is 1. The van der Waals surface area contributed by atoms with Crippen molar-refractivity contribution in [1.82, 2.24) is 10.3 Å². The van der Waals surface area contributed by atoms with Gasteiger partial charge in [-0.1, -0.05) is 6.07 Å². The molecule has 0 bridgehead atoms. The van der Waals surface area contributed by atoms with Crippen molar-refractivity contribution in [3.05, 3.63) is 59.5 Å². The average Bonchev–Trinajstić information content (AvgIpc) is 3.14. The molecule has 30 heavy (non-hydrogen) atoms. The second kappa shape index (κ2) is 8.36. The maximum atomic E-state index is 14.7. The molecule has 7 heteroatoms. The Balaban J connectivity index is 1.42. The molecule has 1 fully saturated rings. The fraction of sp³-hybridized carbons (Fsp3) is 0.348. The number of halogens is 1. The van der Waals surface area contributed by atoms with Crippen molar-refractivity contribution < 1.29 is 18.7 Å². The van der Waals surface area contributed by atoms with Gasteiger partial charge >= 0.3 is 0 Å². The van der Waals surface area contributed by atoms with E-state index in [-0.39, 0.29) is 30.5 Å². The fourth-order valence-corrected chi connectivity index (χ4v) is 3.92. The van der Waals surface area contributed by atoms with Gasteiger partial charge in [-0.05, 0) is 49.7 Å². The van der Waals surface area contributed by atoms with E-state index in [1.165, 1.54) is 6.07 Å². The van der Waals surface area contributed by atoms with E-state index in [0.29, 0.717) is 30.0 Å². The number of hydrogen-bond acceptors (Lipinski definition) is 4. The molecule has 2 atom stereocenters. The minimum absolute atomic E-state index is 0.0587. The molecule has 2 aromatic carbocycles. The second-order valence-corrected chi connectivity index (χ2v) is 7.77. The number of ether oxygens (including phenoxy) is 2. The van der Waals surface area contributed by atoms with Gasteiger partial charge in [-0.3, -0.25) is 4.79 Å². The predicted molar refractivity (Wildman–Crippen MR) is 115 cm³/mol. The highest BCUT2D eigenvalue weighted by Gasteiger charge is 2.24. The lowest BCUT2D eigenvalue weighted by Crippen LogP contribution is -2.45. The highest BCUT2D eigenvalue weighted by molar-refractivity contribution is 5.98. The molecule has 0 spiro atoms. The highest BCUT2D eigenvalue weighted by Crippen LogP contribution is 2.25. The number of carbonyl (C=O) groups excluding carboxylic acids is 1. The Morgan fingerprint density at radius 1 is 1.20 bits per heavy atom. The van der Waals surface area contributed by atoms with Gasteiger partial charge in [0.2, 0.25) is 0 Å². The molecular formula is C23H26FN3O3. The van der Waals surface area contributed by atoms with Crippen LogP contribution in [0.1, 0.15) is 29.9 Å². The van der Waals surface area contributed by atoms with Crippen molar-refractivity contribution in [2.75, 3.05) is 25.1 Å². The van der Waals surface area contributed by atoms with Gasteiger partial charge in [-0.25, -0.2) is 4.39 Å². The zero-order valence-corrected chi connectivity index (χ0v) is 17.4. The van der Waals surface area contributed by atoms with E-state index in [2.05, 4.69) is 10.3 Å². The van der Waals surface area contributed by atoms with Crippen LogP contribution >= 0.6 is 0 Å². The first-order valence-electron chi connectivity index (χ1n) is 10.1. The molecule has 2 heterocycles. The number of fused-ring (bicyclic) bond motifs is 1. The Labute approximate surface area is 175 Å². The van der Waals surface area contributed by atoms with E-state index in [4.69, 9.17) is 9.47 Å². The third kappa shape index (κ3) is 4.26. The third-order valence-electron chi connectivity index (χ3n) is 5.30. The summed E-state index contributed by atoms with van der Waals surface area (Å²) in [5.74, 6) is 0.183. The van der Waals surface area contributed by atoms with E-state index < -0.39 is 0 Å². The summed E-state index contributed by atoms with van der Waals surface area (Å²) in [5.41, 5.74) is 2.55. The molecule has 1 aliphatic rings. The Kier molecular flexibility index (Phi) is 5.63. The molecule has 158 valence electrons. The van der Waals surface area contributed by atoms with Crippen LogP contribution in [0.2, 0.25) is 0 Å². The molecule has 1 aliphatic heterocycles. The number of rotatable bonds is 5. The SMILES string of the molecule is COc1ccc2cc(C(=O)NCc3ccc(N4C[C@H](C)O[C@@H](C)C4)c(F)c3)[nH]c2c1. The number of aromatic nitrogens is 1. The largest absolute Gasteiger partial charge is 0.497 e. The lowest BCUT2D eigenvalue weighted by atomic mass is 10.1. The summed E-state index contributed by atoms with van der Waals surface area (Å²) < 4.78 is 25.7. The van der Waals surface area contributed by atoms with Gasteiger partial charge in [-0.15, -0.1) is 0 Å². The van der Waals surface area contributed by atoms with E-state index in [0.717, 1.165) is 16.7 Å². The lowest BCUT2D eigenvalue weighted by molar-refractivity contribution is -0.00539. The number of H-pyrrole nitrogens is 1. The van der Waals surface area contributed by atoms with Crippen molar-refractivity contribution in [2.45, 2.75) is 32.6 Å². The topological polar surface area (TPSA) is 66.6 Å². The highest BCUT2D eigenvalue weighted by atomic mass is 19.1. The van der Waals surface area contributed by atoms with Crippen LogP contribution in [0.4, 0.5) is 10.1 Å². The third-order valence-corrected chi connectivity index (χ3v) is 5.30. The van der Waals surface area contributed by atoms with Crippen molar-refractivity contribution in [2.24, 2.45) is 0 Å². The first-order valence-corrected chi connectivity index (χ1v) is 10.1. The molecule has 0 unspecified atom stereocenters. The van der Waals surface area contributed by atoms with Crippen molar-refractivity contribution >= 4 is 22.5 Å². The van der Waals surface area contributed by atoms with Crippen molar-refractivity contribution in [3.63, 3.8) is 0 Å². The van der Waals surface area contributed by atoms with Crippen LogP contribution in [0.15, 0.2) is 42.5 Å². The van der Waals surface area contributed by atoms with E-state index >= 15 is 0 Å². The Hall–Kier alpha value is -3.06. The minimum Gasteiger partial charge on any atom is -0.497 e. The van der Waals surface area contributed by atoms with Crippen molar-refractivity contribution in [3.8, 4) is 5.75 Å². The van der Waals surface area contributed by atoms with E-state index in [9.17, 15) is 9.18 Å². The zero-order chi connectivity index (χ0) is 21.3. The number of anilines is 1. The lowest BCUT2D eigenvalue weighted by Gasteiger charge is -2.37. The summed E-state index contributed by atoms with van der Waals surface area (Å²) >= 11 is 0. The number of hydrogen-bond donors (Lipinski definition) is 2.